The topological polar surface area (TPSA) is 12.8 Å². The molecule has 5 heavy (non-hydrogen) atoms. The van der Waals surface area contributed by atoms with Crippen LogP contribution in [0.15, 0.2) is 29.1 Å². The predicted octanol–water partition coefficient (Wildman–Crippen LogP) is 1.39. The maximum absolute atomic E-state index is 3.72. The van der Waals surface area contributed by atoms with E-state index < -0.39 is 0 Å². The average molecular weight is 69.1 g/mol. The molecule has 1 aromatic rings. The van der Waals surface area contributed by atoms with Crippen molar-refractivity contribution in [3.63, 3.8) is 0 Å². The lowest BCUT2D eigenvalue weighted by Crippen LogP contribution is -1.16. The van der Waals surface area contributed by atoms with Gasteiger partial charge in [-0.25, -0.2) is 0 Å². The molecule has 0 amide bonds. The summed E-state index contributed by atoms with van der Waals surface area (Å²) in [7, 11) is 0. The summed E-state index contributed by atoms with van der Waals surface area (Å²) in [6, 6.07) is 3.78. The molecular formula is C4H5O+. The van der Waals surface area contributed by atoms with Crippen LogP contribution in [0.1, 0.15) is 0 Å². The lowest BCUT2D eigenvalue weighted by Gasteiger charge is -1.49. The second-order valence-corrected chi connectivity index (χ2v) is 0.832. The van der Waals surface area contributed by atoms with Gasteiger partial charge in [0, 0.05) is 12.1 Å². The zero-order chi connectivity index (χ0) is 3.54. The van der Waals surface area contributed by atoms with Gasteiger partial charge in [-0.3, -0.25) is 0 Å². The van der Waals surface area contributed by atoms with E-state index in [-0.39, 0.29) is 0 Å². The molecule has 26 valence electrons. The van der Waals surface area contributed by atoms with E-state index in [0.29, 0.717) is 0 Å². The summed E-state index contributed by atoms with van der Waals surface area (Å²) in [5.41, 5.74) is 0. The quantitative estimate of drug-likeness (QED) is 0.408. The Kier molecular flexibility index (Phi) is 0.468. The van der Waals surface area contributed by atoms with E-state index in [9.17, 15) is 0 Å². The lowest BCUT2D eigenvalue weighted by atomic mass is 10.7. The van der Waals surface area contributed by atoms with Crippen molar-refractivity contribution in [1.29, 1.82) is 0 Å². The fourth-order valence-electron chi connectivity index (χ4n) is 0.248. The molecule has 0 aliphatic rings. The molecule has 1 heterocycles. The molecule has 0 fully saturated rings. The molecule has 1 aromatic heterocycles. The summed E-state index contributed by atoms with van der Waals surface area (Å²) in [6.45, 7) is 0. The molecule has 0 aliphatic carbocycles. The zero-order valence-corrected chi connectivity index (χ0v) is 2.76. The Morgan fingerprint density at radius 3 is 1.80 bits per heavy atom. The Morgan fingerprint density at radius 1 is 1.00 bits per heavy atom. The molecule has 0 aliphatic heterocycles. The first-order chi connectivity index (χ1) is 2.50. The Labute approximate surface area is 30.2 Å². The summed E-state index contributed by atoms with van der Waals surface area (Å²) in [5.74, 6) is 0. The van der Waals surface area contributed by atoms with Crippen LogP contribution in [-0.4, -0.2) is 0 Å². The fraction of sp³-hybridized carbons (Fsp3) is 0. The van der Waals surface area contributed by atoms with Crippen LogP contribution >= 0.6 is 0 Å². The highest BCUT2D eigenvalue weighted by Gasteiger charge is 1.66. The van der Waals surface area contributed by atoms with Crippen LogP contribution in [0, 0.1) is 0 Å². The first kappa shape index (κ1) is 2.51. The highest BCUT2D eigenvalue weighted by atomic mass is 16.3. The molecule has 0 unspecified atom stereocenters. The van der Waals surface area contributed by atoms with Crippen molar-refractivity contribution in [3.05, 3.63) is 24.7 Å². The van der Waals surface area contributed by atoms with Crippen molar-refractivity contribution in [1.82, 2.24) is 0 Å². The molecular weight excluding hydrogens is 64.0 g/mol. The van der Waals surface area contributed by atoms with Gasteiger partial charge in [-0.15, -0.1) is 0 Å². The van der Waals surface area contributed by atoms with E-state index in [1.54, 1.807) is 12.5 Å². The molecule has 1 nitrogen and oxygen atoms in total. The normalized spacial score (nSPS) is 8.00. The maximum Gasteiger partial charge on any atom is 0.223 e. The Balaban J connectivity index is 3.13. The van der Waals surface area contributed by atoms with E-state index in [1.165, 1.54) is 0 Å². The monoisotopic (exact) mass is 69.0 g/mol. The molecule has 0 saturated heterocycles. The first-order valence-electron chi connectivity index (χ1n) is 1.52. The lowest BCUT2D eigenvalue weighted by molar-refractivity contribution is 0.567. The summed E-state index contributed by atoms with van der Waals surface area (Å²) >= 11 is 0. The second-order valence-electron chi connectivity index (χ2n) is 0.832. The van der Waals surface area contributed by atoms with Crippen molar-refractivity contribution in [2.45, 2.75) is 0 Å². The largest absolute Gasteiger partial charge is 0.557 e. The van der Waals surface area contributed by atoms with Gasteiger partial charge in [-0.2, -0.15) is 0 Å². The van der Waals surface area contributed by atoms with Gasteiger partial charge in [0.2, 0.25) is 12.5 Å². The summed E-state index contributed by atoms with van der Waals surface area (Å²) < 4.78 is 3.72. The molecule has 0 aromatic carbocycles. The number of furan rings is 1. The minimum atomic E-state index is 1.75. The van der Waals surface area contributed by atoms with E-state index in [4.69, 9.17) is 0 Å². The van der Waals surface area contributed by atoms with Crippen molar-refractivity contribution in [2.75, 3.05) is 0 Å². The number of hydrogen-bond acceptors (Lipinski definition) is 0. The molecule has 0 radical (unpaired) electrons. The molecule has 0 atom stereocenters. The highest BCUT2D eigenvalue weighted by molar-refractivity contribution is 4.79. The van der Waals surface area contributed by atoms with Crippen molar-refractivity contribution in [2.24, 2.45) is 0 Å². The van der Waals surface area contributed by atoms with Crippen molar-refractivity contribution >= 4 is 0 Å². The molecule has 0 bridgehead atoms. The minimum absolute atomic E-state index is 1.75. The van der Waals surface area contributed by atoms with Crippen molar-refractivity contribution < 1.29 is 4.42 Å². The van der Waals surface area contributed by atoms with Crippen LogP contribution < -0.4 is 0 Å². The fourth-order valence-corrected chi connectivity index (χ4v) is 0.248. The number of rotatable bonds is 0. The Bertz CT molecular complexity index is 60.1. The Morgan fingerprint density at radius 2 is 1.60 bits per heavy atom. The SMILES string of the molecule is c1cc[oH+]c1. The van der Waals surface area contributed by atoms with Crippen LogP contribution in [0.4, 0.5) is 0 Å². The summed E-state index contributed by atoms with van der Waals surface area (Å²) in [5, 5.41) is 0. The van der Waals surface area contributed by atoms with Gasteiger partial charge in [0.05, 0.1) is 0 Å². The van der Waals surface area contributed by atoms with Crippen LogP contribution in [0.5, 0.6) is 0 Å². The van der Waals surface area contributed by atoms with E-state index in [1.807, 2.05) is 12.1 Å². The highest BCUT2D eigenvalue weighted by Crippen LogP contribution is 1.79. The van der Waals surface area contributed by atoms with E-state index in [2.05, 4.69) is 4.42 Å². The van der Waals surface area contributed by atoms with Gasteiger partial charge in [-0.1, -0.05) is 0 Å². The van der Waals surface area contributed by atoms with E-state index >= 15 is 0 Å². The molecule has 1 heteroatoms. The predicted molar refractivity (Wildman–Crippen MR) is 19.8 cm³/mol. The molecule has 1 rings (SSSR count). The third kappa shape index (κ3) is 0.293. The standard InChI is InChI=1S/C4H4O/c1-2-4-5-3-1/h1-4H/p+1. The van der Waals surface area contributed by atoms with Crippen LogP contribution in [0.25, 0.3) is 0 Å². The summed E-state index contributed by atoms with van der Waals surface area (Å²) in [6.07, 6.45) is 3.50. The van der Waals surface area contributed by atoms with E-state index in [0.717, 1.165) is 0 Å². The first-order valence-corrected chi connectivity index (χ1v) is 1.52. The minimum Gasteiger partial charge on any atom is -0.557 e. The van der Waals surface area contributed by atoms with Gasteiger partial charge in [0.25, 0.3) is 0 Å². The third-order valence-corrected chi connectivity index (χ3v) is 0.455. The van der Waals surface area contributed by atoms with Gasteiger partial charge >= 0.3 is 0 Å². The zero-order valence-electron chi connectivity index (χ0n) is 2.76. The van der Waals surface area contributed by atoms with Crippen molar-refractivity contribution in [3.8, 4) is 0 Å². The maximum atomic E-state index is 3.72. The average Bonchev–Trinajstić information content (AvgIpc) is 1.76. The molecule has 0 spiro atoms. The van der Waals surface area contributed by atoms with Gasteiger partial charge < -0.3 is 4.42 Å². The molecule has 0 saturated carbocycles. The van der Waals surface area contributed by atoms with Gasteiger partial charge in [0.15, 0.2) is 0 Å². The van der Waals surface area contributed by atoms with Crippen LogP contribution in [0.2, 0.25) is 0 Å². The second kappa shape index (κ2) is 0.931. The van der Waals surface area contributed by atoms with Gasteiger partial charge in [-0.05, 0) is 0 Å². The smallest absolute Gasteiger partial charge is 0.223 e. The molecule has 1 N–H and O–H groups in total. The third-order valence-electron chi connectivity index (χ3n) is 0.455. The van der Waals surface area contributed by atoms with Gasteiger partial charge in [0.1, 0.15) is 0 Å². The Hall–Kier alpha value is -0.720. The number of hydrogen-bond donors (Lipinski definition) is 0. The van der Waals surface area contributed by atoms with Crippen LogP contribution in [0.3, 0.4) is 0 Å². The summed E-state index contributed by atoms with van der Waals surface area (Å²) in [4.78, 5) is 0. The van der Waals surface area contributed by atoms with Crippen LogP contribution in [-0.2, 0) is 0 Å².